The van der Waals surface area contributed by atoms with Crippen molar-refractivity contribution in [2.24, 2.45) is 5.73 Å². The Labute approximate surface area is 119 Å². The SMILES string of the molecule is COC1CCN(C(=O)Cc2ccc(O)cc2)C(CN)C1. The Morgan fingerprint density at radius 2 is 2.15 bits per heavy atom. The number of nitrogens with two attached hydrogens (primary N) is 1. The van der Waals surface area contributed by atoms with Crippen LogP contribution in [-0.4, -0.2) is 48.3 Å². The molecule has 0 saturated carbocycles. The number of nitrogens with zero attached hydrogens (tertiary/aromatic N) is 1. The van der Waals surface area contributed by atoms with Crippen LogP contribution < -0.4 is 5.73 Å². The van der Waals surface area contributed by atoms with Crippen molar-refractivity contribution in [2.45, 2.75) is 31.4 Å². The third-order valence-corrected chi connectivity index (χ3v) is 3.89. The molecule has 1 amide bonds. The zero-order chi connectivity index (χ0) is 14.5. The van der Waals surface area contributed by atoms with E-state index in [9.17, 15) is 9.90 Å². The number of benzene rings is 1. The second-order valence-corrected chi connectivity index (χ2v) is 5.20. The quantitative estimate of drug-likeness (QED) is 0.858. The Balaban J connectivity index is 1.99. The van der Waals surface area contributed by atoms with Gasteiger partial charge in [0.2, 0.25) is 5.91 Å². The molecule has 1 aromatic rings. The first-order chi connectivity index (χ1) is 9.63. The van der Waals surface area contributed by atoms with Crippen molar-refractivity contribution in [1.82, 2.24) is 4.90 Å². The van der Waals surface area contributed by atoms with Crippen LogP contribution in [0.4, 0.5) is 0 Å². The summed E-state index contributed by atoms with van der Waals surface area (Å²) < 4.78 is 5.36. The molecule has 2 unspecified atom stereocenters. The fourth-order valence-electron chi connectivity index (χ4n) is 2.67. The van der Waals surface area contributed by atoms with Gasteiger partial charge in [-0.25, -0.2) is 0 Å². The first-order valence-corrected chi connectivity index (χ1v) is 6.94. The van der Waals surface area contributed by atoms with Crippen LogP contribution in [0.3, 0.4) is 0 Å². The number of hydrogen-bond acceptors (Lipinski definition) is 4. The van der Waals surface area contributed by atoms with Crippen LogP contribution in [0.15, 0.2) is 24.3 Å². The third kappa shape index (κ3) is 3.49. The molecule has 1 aromatic carbocycles. The number of amides is 1. The second-order valence-electron chi connectivity index (χ2n) is 5.20. The number of aromatic hydroxyl groups is 1. The molecule has 0 bridgehead atoms. The molecule has 3 N–H and O–H groups in total. The number of likely N-dealkylation sites (tertiary alicyclic amines) is 1. The summed E-state index contributed by atoms with van der Waals surface area (Å²) in [6.45, 7) is 1.15. The molecule has 0 spiro atoms. The van der Waals surface area contributed by atoms with Crippen LogP contribution in [0.25, 0.3) is 0 Å². The maximum atomic E-state index is 12.4. The van der Waals surface area contributed by atoms with E-state index in [1.54, 1.807) is 31.4 Å². The predicted molar refractivity (Wildman–Crippen MR) is 76.4 cm³/mol. The van der Waals surface area contributed by atoms with Crippen LogP contribution >= 0.6 is 0 Å². The molecule has 0 aromatic heterocycles. The van der Waals surface area contributed by atoms with Crippen LogP contribution in [0.1, 0.15) is 18.4 Å². The maximum Gasteiger partial charge on any atom is 0.227 e. The van der Waals surface area contributed by atoms with Gasteiger partial charge in [-0.3, -0.25) is 4.79 Å². The van der Waals surface area contributed by atoms with Gasteiger partial charge in [-0.05, 0) is 30.5 Å². The first kappa shape index (κ1) is 14.8. The average Bonchev–Trinajstić information content (AvgIpc) is 2.48. The van der Waals surface area contributed by atoms with Gasteiger partial charge in [-0.1, -0.05) is 12.1 Å². The fraction of sp³-hybridized carbons (Fsp3) is 0.533. The molecule has 1 aliphatic rings. The zero-order valence-corrected chi connectivity index (χ0v) is 11.8. The van der Waals surface area contributed by atoms with Crippen molar-refractivity contribution in [2.75, 3.05) is 20.2 Å². The first-order valence-electron chi connectivity index (χ1n) is 6.94. The molecular formula is C15H22N2O3. The minimum absolute atomic E-state index is 0.0540. The van der Waals surface area contributed by atoms with Crippen molar-refractivity contribution >= 4 is 5.91 Å². The summed E-state index contributed by atoms with van der Waals surface area (Å²) in [5, 5.41) is 9.25. The van der Waals surface area contributed by atoms with E-state index in [2.05, 4.69) is 0 Å². The Hall–Kier alpha value is -1.59. The molecule has 2 atom stereocenters. The van der Waals surface area contributed by atoms with E-state index < -0.39 is 0 Å². The topological polar surface area (TPSA) is 75.8 Å². The monoisotopic (exact) mass is 278 g/mol. The lowest BCUT2D eigenvalue weighted by Crippen LogP contribution is -2.51. The van der Waals surface area contributed by atoms with Crippen LogP contribution in [0.5, 0.6) is 5.75 Å². The lowest BCUT2D eigenvalue weighted by atomic mass is 9.98. The molecule has 1 aliphatic heterocycles. The highest BCUT2D eigenvalue weighted by molar-refractivity contribution is 5.79. The summed E-state index contributed by atoms with van der Waals surface area (Å²) >= 11 is 0. The highest BCUT2D eigenvalue weighted by Crippen LogP contribution is 2.20. The predicted octanol–water partition coefficient (Wildman–Crippen LogP) is 0.899. The summed E-state index contributed by atoms with van der Waals surface area (Å²) in [6, 6.07) is 6.79. The molecular weight excluding hydrogens is 256 g/mol. The van der Waals surface area contributed by atoms with Crippen molar-refractivity contribution < 1.29 is 14.6 Å². The van der Waals surface area contributed by atoms with Crippen LogP contribution in [0, 0.1) is 0 Å². The van der Waals surface area contributed by atoms with E-state index in [1.165, 1.54) is 0 Å². The van der Waals surface area contributed by atoms with Gasteiger partial charge >= 0.3 is 0 Å². The Morgan fingerprint density at radius 3 is 2.75 bits per heavy atom. The van der Waals surface area contributed by atoms with Crippen LogP contribution in [0.2, 0.25) is 0 Å². The minimum Gasteiger partial charge on any atom is -0.508 e. The van der Waals surface area contributed by atoms with Gasteiger partial charge in [0.1, 0.15) is 5.75 Å². The fourth-order valence-corrected chi connectivity index (χ4v) is 2.67. The van der Waals surface area contributed by atoms with E-state index in [1.807, 2.05) is 4.90 Å². The lowest BCUT2D eigenvalue weighted by Gasteiger charge is -2.38. The Morgan fingerprint density at radius 1 is 1.45 bits per heavy atom. The molecule has 5 nitrogen and oxygen atoms in total. The standard InChI is InChI=1S/C15H22N2O3/c1-20-14-6-7-17(12(9-14)10-16)15(19)8-11-2-4-13(18)5-3-11/h2-5,12,14,18H,6-10,16H2,1H3. The number of carbonyl (C=O) groups is 1. The number of rotatable bonds is 4. The van der Waals surface area contributed by atoms with Gasteiger partial charge in [-0.2, -0.15) is 0 Å². The van der Waals surface area contributed by atoms with E-state index in [-0.39, 0.29) is 23.8 Å². The van der Waals surface area contributed by atoms with Crippen molar-refractivity contribution in [3.05, 3.63) is 29.8 Å². The maximum absolute atomic E-state index is 12.4. The van der Waals surface area contributed by atoms with Gasteiger partial charge in [0.15, 0.2) is 0 Å². The largest absolute Gasteiger partial charge is 0.508 e. The summed E-state index contributed by atoms with van der Waals surface area (Å²) in [5.74, 6) is 0.294. The summed E-state index contributed by atoms with van der Waals surface area (Å²) in [7, 11) is 1.70. The molecule has 1 fully saturated rings. The van der Waals surface area contributed by atoms with E-state index in [4.69, 9.17) is 10.5 Å². The Bertz CT molecular complexity index is 447. The smallest absolute Gasteiger partial charge is 0.227 e. The third-order valence-electron chi connectivity index (χ3n) is 3.89. The van der Waals surface area contributed by atoms with Gasteiger partial charge in [0.25, 0.3) is 0 Å². The number of ether oxygens (including phenoxy) is 1. The number of phenolic OH excluding ortho intramolecular Hbond substituents is 1. The number of hydrogen-bond donors (Lipinski definition) is 2. The molecule has 0 radical (unpaired) electrons. The lowest BCUT2D eigenvalue weighted by molar-refractivity contribution is -0.136. The van der Waals surface area contributed by atoms with Gasteiger partial charge in [0, 0.05) is 26.2 Å². The molecule has 0 aliphatic carbocycles. The van der Waals surface area contributed by atoms with Crippen molar-refractivity contribution in [1.29, 1.82) is 0 Å². The van der Waals surface area contributed by atoms with E-state index >= 15 is 0 Å². The minimum atomic E-state index is 0.0540. The number of carbonyl (C=O) groups excluding carboxylic acids is 1. The van der Waals surface area contributed by atoms with Crippen molar-refractivity contribution in [3.8, 4) is 5.75 Å². The highest BCUT2D eigenvalue weighted by atomic mass is 16.5. The number of piperidine rings is 1. The summed E-state index contributed by atoms with van der Waals surface area (Å²) in [4.78, 5) is 14.2. The average molecular weight is 278 g/mol. The normalized spacial score (nSPS) is 22.8. The van der Waals surface area contributed by atoms with Gasteiger partial charge in [-0.15, -0.1) is 0 Å². The van der Waals surface area contributed by atoms with Crippen molar-refractivity contribution in [3.63, 3.8) is 0 Å². The molecule has 1 heterocycles. The zero-order valence-electron chi connectivity index (χ0n) is 11.8. The molecule has 110 valence electrons. The second kappa shape index (κ2) is 6.72. The van der Waals surface area contributed by atoms with Crippen LogP contribution in [-0.2, 0) is 16.0 Å². The number of methoxy groups -OCH3 is 1. The molecule has 20 heavy (non-hydrogen) atoms. The molecule has 1 saturated heterocycles. The summed E-state index contributed by atoms with van der Waals surface area (Å²) in [6.07, 6.45) is 2.19. The molecule has 5 heteroatoms. The van der Waals surface area contributed by atoms with E-state index in [0.717, 1.165) is 18.4 Å². The van der Waals surface area contributed by atoms with Gasteiger partial charge < -0.3 is 20.5 Å². The number of phenols is 1. The van der Waals surface area contributed by atoms with Gasteiger partial charge in [0.05, 0.1) is 12.5 Å². The Kier molecular flexibility index (Phi) is 4.98. The van der Waals surface area contributed by atoms with E-state index in [0.29, 0.717) is 19.5 Å². The molecule has 2 rings (SSSR count). The summed E-state index contributed by atoms with van der Waals surface area (Å²) in [5.41, 5.74) is 6.68. The highest BCUT2D eigenvalue weighted by Gasteiger charge is 2.30.